The van der Waals surface area contributed by atoms with Gasteiger partial charge in [-0.3, -0.25) is 4.99 Å². The van der Waals surface area contributed by atoms with Gasteiger partial charge in [0.1, 0.15) is 0 Å². The van der Waals surface area contributed by atoms with Gasteiger partial charge >= 0.3 is 0 Å². The van der Waals surface area contributed by atoms with Gasteiger partial charge in [-0.25, -0.2) is 0 Å². The molecule has 1 aromatic rings. The lowest BCUT2D eigenvalue weighted by Crippen LogP contribution is -1.92. The summed E-state index contributed by atoms with van der Waals surface area (Å²) in [6.07, 6.45) is 0. The Hall–Kier alpha value is -1.63. The molecule has 0 heterocycles. The van der Waals surface area contributed by atoms with Crippen LogP contribution in [0.4, 0.5) is 0 Å². The third-order valence-corrected chi connectivity index (χ3v) is 2.22. The third kappa shape index (κ3) is 3.20. The maximum absolute atomic E-state index is 4.55. The molecule has 0 N–H and O–H groups in total. The van der Waals surface area contributed by atoms with Gasteiger partial charge in [0.05, 0.1) is 5.70 Å². The molecule has 0 saturated heterocycles. The second kappa shape index (κ2) is 5.45. The number of aliphatic imine (C=N–C) groups is 1. The molecule has 0 aliphatic carbocycles. The number of nitrogens with zero attached hydrogens (tertiary/aromatic N) is 1. The largest absolute Gasteiger partial charge is 0.258 e. The van der Waals surface area contributed by atoms with Crippen LogP contribution >= 0.6 is 0 Å². The van der Waals surface area contributed by atoms with Gasteiger partial charge in [-0.15, -0.1) is 0 Å². The summed E-state index contributed by atoms with van der Waals surface area (Å²) >= 11 is 0. The van der Waals surface area contributed by atoms with Crippen molar-refractivity contribution >= 4 is 11.3 Å². The topological polar surface area (TPSA) is 12.4 Å². The molecule has 16 heavy (non-hydrogen) atoms. The van der Waals surface area contributed by atoms with E-state index in [-0.39, 0.29) is 0 Å². The van der Waals surface area contributed by atoms with E-state index in [9.17, 15) is 0 Å². The molecule has 0 aliphatic heterocycles. The number of hydrogen-bond donors (Lipinski definition) is 0. The first-order valence-corrected chi connectivity index (χ1v) is 5.46. The molecule has 0 atom stereocenters. The van der Waals surface area contributed by atoms with Gasteiger partial charge in [0.15, 0.2) is 0 Å². The standard InChI is InChI=1S/C15H19N/c1-11(2)15(16-12(3)4)13(5)14-9-7-6-8-10-14/h6-10H,5H2,1-4H3. The van der Waals surface area contributed by atoms with Gasteiger partial charge < -0.3 is 0 Å². The summed E-state index contributed by atoms with van der Waals surface area (Å²) in [4.78, 5) is 4.55. The quantitative estimate of drug-likeness (QED) is 0.518. The smallest absolute Gasteiger partial charge is 0.0687 e. The zero-order valence-electron chi connectivity index (χ0n) is 10.5. The first-order chi connectivity index (χ1) is 7.52. The van der Waals surface area contributed by atoms with Gasteiger partial charge in [-0.1, -0.05) is 42.5 Å². The van der Waals surface area contributed by atoms with Crippen LogP contribution in [0.2, 0.25) is 0 Å². The maximum atomic E-state index is 4.55. The van der Waals surface area contributed by atoms with Gasteiger partial charge in [-0.05, 0) is 33.3 Å². The van der Waals surface area contributed by atoms with E-state index in [0.717, 1.165) is 22.5 Å². The fourth-order valence-corrected chi connectivity index (χ4v) is 1.48. The Morgan fingerprint density at radius 1 is 1.00 bits per heavy atom. The molecule has 1 aromatic carbocycles. The third-order valence-electron chi connectivity index (χ3n) is 2.22. The first-order valence-electron chi connectivity index (χ1n) is 5.46. The summed E-state index contributed by atoms with van der Waals surface area (Å²) in [5.41, 5.74) is 5.35. The first kappa shape index (κ1) is 12.4. The van der Waals surface area contributed by atoms with Crippen LogP contribution in [0.1, 0.15) is 33.3 Å². The average molecular weight is 213 g/mol. The lowest BCUT2D eigenvalue weighted by molar-refractivity contribution is 1.25. The molecule has 84 valence electrons. The highest BCUT2D eigenvalue weighted by atomic mass is 14.8. The minimum Gasteiger partial charge on any atom is -0.258 e. The molecule has 1 heteroatoms. The van der Waals surface area contributed by atoms with Crippen molar-refractivity contribution in [2.45, 2.75) is 27.7 Å². The molecule has 0 aliphatic rings. The average Bonchev–Trinajstić information content (AvgIpc) is 2.25. The Morgan fingerprint density at radius 2 is 1.56 bits per heavy atom. The Labute approximate surface area is 98.2 Å². The van der Waals surface area contributed by atoms with Crippen LogP contribution in [0.15, 0.2) is 53.2 Å². The van der Waals surface area contributed by atoms with Crippen molar-refractivity contribution in [1.82, 2.24) is 0 Å². The minimum atomic E-state index is 0.988. The molecule has 0 radical (unpaired) electrons. The second-order valence-corrected chi connectivity index (χ2v) is 4.25. The number of allylic oxidation sites excluding steroid dienone is 2. The fourth-order valence-electron chi connectivity index (χ4n) is 1.48. The highest BCUT2D eigenvalue weighted by Crippen LogP contribution is 2.24. The van der Waals surface area contributed by atoms with Crippen molar-refractivity contribution < 1.29 is 0 Å². The molecular formula is C15H19N. The molecule has 0 spiro atoms. The monoisotopic (exact) mass is 213 g/mol. The number of hydrogen-bond acceptors (Lipinski definition) is 1. The van der Waals surface area contributed by atoms with Crippen molar-refractivity contribution in [3.63, 3.8) is 0 Å². The fraction of sp³-hybridized carbons (Fsp3) is 0.267. The Bertz CT molecular complexity index is 428. The van der Waals surface area contributed by atoms with Crippen LogP contribution in [0, 0.1) is 0 Å². The summed E-state index contributed by atoms with van der Waals surface area (Å²) in [6.45, 7) is 12.3. The van der Waals surface area contributed by atoms with Crippen LogP contribution < -0.4 is 0 Å². The SMILES string of the molecule is C=C(C(N=C(C)C)=C(C)C)c1ccccc1. The summed E-state index contributed by atoms with van der Waals surface area (Å²) in [6, 6.07) is 10.2. The molecular weight excluding hydrogens is 194 g/mol. The lowest BCUT2D eigenvalue weighted by atomic mass is 10.0. The van der Waals surface area contributed by atoms with Crippen LogP contribution in [0.5, 0.6) is 0 Å². The Morgan fingerprint density at radius 3 is 2.00 bits per heavy atom. The minimum absolute atomic E-state index is 0.988. The highest BCUT2D eigenvalue weighted by Gasteiger charge is 2.05. The van der Waals surface area contributed by atoms with E-state index in [1.807, 2.05) is 32.0 Å². The predicted molar refractivity (Wildman–Crippen MR) is 72.6 cm³/mol. The van der Waals surface area contributed by atoms with E-state index in [2.05, 4.69) is 37.6 Å². The molecule has 1 rings (SSSR count). The van der Waals surface area contributed by atoms with Gasteiger partial charge in [0, 0.05) is 11.3 Å². The van der Waals surface area contributed by atoms with Crippen LogP contribution in [-0.2, 0) is 0 Å². The van der Waals surface area contributed by atoms with Crippen molar-refractivity contribution in [3.8, 4) is 0 Å². The van der Waals surface area contributed by atoms with Crippen molar-refractivity contribution in [2.24, 2.45) is 4.99 Å². The van der Waals surface area contributed by atoms with E-state index < -0.39 is 0 Å². The number of benzene rings is 1. The second-order valence-electron chi connectivity index (χ2n) is 4.25. The lowest BCUT2D eigenvalue weighted by Gasteiger charge is -2.09. The zero-order chi connectivity index (χ0) is 12.1. The normalized spacial score (nSPS) is 9.50. The Balaban J connectivity index is 3.14. The summed E-state index contributed by atoms with van der Waals surface area (Å²) in [7, 11) is 0. The van der Waals surface area contributed by atoms with Crippen LogP contribution in [-0.4, -0.2) is 5.71 Å². The molecule has 0 saturated carbocycles. The maximum Gasteiger partial charge on any atom is 0.0687 e. The van der Waals surface area contributed by atoms with Crippen molar-refractivity contribution in [2.75, 3.05) is 0 Å². The zero-order valence-corrected chi connectivity index (χ0v) is 10.5. The van der Waals surface area contributed by atoms with Crippen LogP contribution in [0.3, 0.4) is 0 Å². The predicted octanol–water partition coefficient (Wildman–Crippen LogP) is 4.47. The Kier molecular flexibility index (Phi) is 4.24. The van der Waals surface area contributed by atoms with E-state index in [4.69, 9.17) is 0 Å². The molecule has 0 fully saturated rings. The molecule has 0 bridgehead atoms. The molecule has 0 aromatic heterocycles. The summed E-state index contributed by atoms with van der Waals surface area (Å²) in [5.74, 6) is 0. The summed E-state index contributed by atoms with van der Waals surface area (Å²) in [5, 5.41) is 0. The molecule has 0 amide bonds. The van der Waals surface area contributed by atoms with Gasteiger partial charge in [0.25, 0.3) is 0 Å². The van der Waals surface area contributed by atoms with E-state index in [1.54, 1.807) is 0 Å². The highest BCUT2D eigenvalue weighted by molar-refractivity contribution is 5.86. The molecule has 1 nitrogen and oxygen atoms in total. The number of rotatable bonds is 3. The van der Waals surface area contributed by atoms with Gasteiger partial charge in [-0.2, -0.15) is 0 Å². The molecule has 0 unspecified atom stereocenters. The van der Waals surface area contributed by atoms with Crippen molar-refractivity contribution in [1.29, 1.82) is 0 Å². The van der Waals surface area contributed by atoms with E-state index in [0.29, 0.717) is 0 Å². The van der Waals surface area contributed by atoms with Crippen LogP contribution in [0.25, 0.3) is 5.57 Å². The summed E-state index contributed by atoms with van der Waals surface area (Å²) < 4.78 is 0. The van der Waals surface area contributed by atoms with E-state index >= 15 is 0 Å². The van der Waals surface area contributed by atoms with Crippen molar-refractivity contribution in [3.05, 3.63) is 53.7 Å². The van der Waals surface area contributed by atoms with Gasteiger partial charge in [0.2, 0.25) is 0 Å². The van der Waals surface area contributed by atoms with E-state index in [1.165, 1.54) is 5.57 Å².